The van der Waals surface area contributed by atoms with Crippen LogP contribution in [0.25, 0.3) is 0 Å². The Morgan fingerprint density at radius 3 is 2.81 bits per heavy atom. The van der Waals surface area contributed by atoms with Crippen molar-refractivity contribution in [3.63, 3.8) is 0 Å². The minimum atomic E-state index is 0.339. The van der Waals surface area contributed by atoms with Crippen molar-refractivity contribution in [3.05, 3.63) is 29.3 Å². The molecule has 0 amide bonds. The molecule has 0 unspecified atom stereocenters. The molecule has 1 aromatic carbocycles. The van der Waals surface area contributed by atoms with Crippen molar-refractivity contribution in [1.29, 1.82) is 5.26 Å². The molecule has 1 rings (SSSR count). The van der Waals surface area contributed by atoms with Crippen LogP contribution in [-0.4, -0.2) is 19.8 Å². The van der Waals surface area contributed by atoms with Gasteiger partial charge in [-0.1, -0.05) is 0 Å². The van der Waals surface area contributed by atoms with E-state index in [2.05, 4.69) is 6.07 Å². The summed E-state index contributed by atoms with van der Waals surface area (Å²) in [6.45, 7) is 4.03. The highest BCUT2D eigenvalue weighted by atomic mass is 16.5. The fourth-order valence-electron chi connectivity index (χ4n) is 1.30. The highest BCUT2D eigenvalue weighted by molar-refractivity contribution is 5.42. The summed E-state index contributed by atoms with van der Waals surface area (Å²) in [5.74, 6) is 0.721. The molecule has 86 valence electrons. The summed E-state index contributed by atoms with van der Waals surface area (Å²) in [5.41, 5.74) is 6.94. The van der Waals surface area contributed by atoms with Crippen LogP contribution in [0.5, 0.6) is 5.75 Å². The third-order valence-electron chi connectivity index (χ3n) is 2.12. The van der Waals surface area contributed by atoms with Gasteiger partial charge in [0.05, 0.1) is 18.2 Å². The molecular weight excluding hydrogens is 204 g/mol. The zero-order valence-electron chi connectivity index (χ0n) is 9.40. The van der Waals surface area contributed by atoms with Crippen molar-refractivity contribution >= 4 is 0 Å². The van der Waals surface area contributed by atoms with E-state index in [0.29, 0.717) is 31.9 Å². The van der Waals surface area contributed by atoms with Crippen LogP contribution in [0.4, 0.5) is 0 Å². The van der Waals surface area contributed by atoms with Crippen LogP contribution in [0.3, 0.4) is 0 Å². The van der Waals surface area contributed by atoms with Crippen LogP contribution < -0.4 is 10.5 Å². The monoisotopic (exact) mass is 220 g/mol. The first-order valence-corrected chi connectivity index (χ1v) is 5.25. The predicted molar refractivity (Wildman–Crippen MR) is 61.0 cm³/mol. The molecule has 0 atom stereocenters. The molecule has 0 saturated carbocycles. The lowest BCUT2D eigenvalue weighted by Crippen LogP contribution is -2.07. The number of nitrogens with zero attached hydrogens (tertiary/aromatic N) is 1. The van der Waals surface area contributed by atoms with Crippen molar-refractivity contribution in [2.75, 3.05) is 19.8 Å². The normalized spacial score (nSPS) is 9.81. The Morgan fingerprint density at radius 2 is 2.19 bits per heavy atom. The van der Waals surface area contributed by atoms with E-state index in [9.17, 15) is 0 Å². The summed E-state index contributed by atoms with van der Waals surface area (Å²) in [5, 5.41) is 8.82. The van der Waals surface area contributed by atoms with Gasteiger partial charge in [-0.15, -0.1) is 0 Å². The van der Waals surface area contributed by atoms with Gasteiger partial charge < -0.3 is 15.2 Å². The Balaban J connectivity index is 2.58. The highest BCUT2D eigenvalue weighted by Crippen LogP contribution is 2.16. The van der Waals surface area contributed by atoms with Crippen LogP contribution >= 0.6 is 0 Å². The molecule has 0 spiro atoms. The van der Waals surface area contributed by atoms with Crippen LogP contribution in [0.2, 0.25) is 0 Å². The van der Waals surface area contributed by atoms with Gasteiger partial charge >= 0.3 is 0 Å². The average molecular weight is 220 g/mol. The van der Waals surface area contributed by atoms with Crippen LogP contribution in [0, 0.1) is 11.3 Å². The molecule has 0 aromatic heterocycles. The summed E-state index contributed by atoms with van der Waals surface area (Å²) in [7, 11) is 0. The summed E-state index contributed by atoms with van der Waals surface area (Å²) in [4.78, 5) is 0. The Bertz CT molecular complexity index is 372. The Labute approximate surface area is 95.6 Å². The fraction of sp³-hybridized carbons (Fsp3) is 0.417. The second-order valence-corrected chi connectivity index (χ2v) is 3.18. The standard InChI is InChI=1S/C12H16N2O2/c1-2-15-5-6-16-12-4-3-10(8-13)11(7-12)9-14/h3-4,7H,2,5-6,9,14H2,1H3. The summed E-state index contributed by atoms with van der Waals surface area (Å²) >= 11 is 0. The Morgan fingerprint density at radius 1 is 1.38 bits per heavy atom. The van der Waals surface area contributed by atoms with Gasteiger partial charge in [-0.2, -0.15) is 5.26 Å². The van der Waals surface area contributed by atoms with Crippen LogP contribution in [0.1, 0.15) is 18.1 Å². The average Bonchev–Trinajstić information content (AvgIpc) is 2.34. The first-order chi connectivity index (χ1) is 7.81. The molecule has 4 heteroatoms. The number of hydrogen-bond acceptors (Lipinski definition) is 4. The lowest BCUT2D eigenvalue weighted by molar-refractivity contribution is 0.110. The minimum Gasteiger partial charge on any atom is -0.491 e. The second-order valence-electron chi connectivity index (χ2n) is 3.18. The lowest BCUT2D eigenvalue weighted by Gasteiger charge is -2.08. The van der Waals surface area contributed by atoms with E-state index in [0.717, 1.165) is 11.3 Å². The lowest BCUT2D eigenvalue weighted by atomic mass is 10.1. The molecule has 0 bridgehead atoms. The molecule has 16 heavy (non-hydrogen) atoms. The van der Waals surface area contributed by atoms with E-state index in [1.807, 2.05) is 6.92 Å². The number of nitriles is 1. The van der Waals surface area contributed by atoms with Gasteiger partial charge in [-0.25, -0.2) is 0 Å². The van der Waals surface area contributed by atoms with E-state index >= 15 is 0 Å². The first-order valence-electron chi connectivity index (χ1n) is 5.25. The molecule has 4 nitrogen and oxygen atoms in total. The smallest absolute Gasteiger partial charge is 0.119 e. The van der Waals surface area contributed by atoms with Crippen LogP contribution in [-0.2, 0) is 11.3 Å². The maximum absolute atomic E-state index is 8.82. The number of hydrogen-bond donors (Lipinski definition) is 1. The molecule has 1 aromatic rings. The van der Waals surface area contributed by atoms with Crippen molar-refractivity contribution < 1.29 is 9.47 Å². The first kappa shape index (κ1) is 12.5. The number of rotatable bonds is 6. The van der Waals surface area contributed by atoms with E-state index in [1.165, 1.54) is 0 Å². The number of benzene rings is 1. The summed E-state index contributed by atoms with van der Waals surface area (Å²) < 4.78 is 10.6. The highest BCUT2D eigenvalue weighted by Gasteiger charge is 2.02. The third kappa shape index (κ3) is 3.54. The summed E-state index contributed by atoms with van der Waals surface area (Å²) in [6, 6.07) is 7.37. The molecule has 0 aliphatic carbocycles. The maximum Gasteiger partial charge on any atom is 0.119 e. The number of ether oxygens (including phenoxy) is 2. The van der Waals surface area contributed by atoms with Gasteiger partial charge in [0.15, 0.2) is 0 Å². The maximum atomic E-state index is 8.82. The van der Waals surface area contributed by atoms with E-state index in [4.69, 9.17) is 20.5 Å². The Kier molecular flexibility index (Phi) is 5.34. The van der Waals surface area contributed by atoms with Crippen LogP contribution in [0.15, 0.2) is 18.2 Å². The summed E-state index contributed by atoms with van der Waals surface area (Å²) in [6.07, 6.45) is 0. The van der Waals surface area contributed by atoms with Crippen molar-refractivity contribution in [3.8, 4) is 11.8 Å². The largest absolute Gasteiger partial charge is 0.491 e. The zero-order chi connectivity index (χ0) is 11.8. The minimum absolute atomic E-state index is 0.339. The predicted octanol–water partition coefficient (Wildman–Crippen LogP) is 1.43. The van der Waals surface area contributed by atoms with Gasteiger partial charge in [0.25, 0.3) is 0 Å². The van der Waals surface area contributed by atoms with Gasteiger partial charge in [0.2, 0.25) is 0 Å². The van der Waals surface area contributed by atoms with Crippen molar-refractivity contribution in [1.82, 2.24) is 0 Å². The molecule has 0 fully saturated rings. The topological polar surface area (TPSA) is 68.3 Å². The Hall–Kier alpha value is -1.57. The van der Waals surface area contributed by atoms with Crippen molar-refractivity contribution in [2.24, 2.45) is 5.73 Å². The molecule has 0 aliphatic rings. The van der Waals surface area contributed by atoms with Gasteiger partial charge in [-0.05, 0) is 30.7 Å². The van der Waals surface area contributed by atoms with Crippen molar-refractivity contribution in [2.45, 2.75) is 13.5 Å². The molecule has 2 N–H and O–H groups in total. The molecular formula is C12H16N2O2. The number of nitrogens with two attached hydrogens (primary N) is 1. The van der Waals surface area contributed by atoms with Gasteiger partial charge in [0.1, 0.15) is 12.4 Å². The quantitative estimate of drug-likeness (QED) is 0.736. The van der Waals surface area contributed by atoms with E-state index < -0.39 is 0 Å². The molecule has 0 aliphatic heterocycles. The third-order valence-corrected chi connectivity index (χ3v) is 2.12. The molecule has 0 saturated heterocycles. The fourth-order valence-corrected chi connectivity index (χ4v) is 1.30. The van der Waals surface area contributed by atoms with Gasteiger partial charge in [0, 0.05) is 13.2 Å². The SMILES string of the molecule is CCOCCOc1ccc(C#N)c(CN)c1. The van der Waals surface area contributed by atoms with E-state index in [-0.39, 0.29) is 0 Å². The second kappa shape index (κ2) is 6.83. The zero-order valence-corrected chi connectivity index (χ0v) is 9.40. The van der Waals surface area contributed by atoms with E-state index in [1.54, 1.807) is 18.2 Å². The molecule has 0 heterocycles. The van der Waals surface area contributed by atoms with Gasteiger partial charge in [-0.3, -0.25) is 0 Å². The molecule has 0 radical (unpaired) electrons.